The number of hydrogen-bond acceptors (Lipinski definition) is 3. The molecule has 0 aromatic heterocycles. The van der Waals surface area contributed by atoms with Crippen molar-refractivity contribution in [2.24, 2.45) is 5.73 Å². The molecule has 102 valence electrons. The highest BCUT2D eigenvalue weighted by Gasteiger charge is 2.30. The minimum atomic E-state index is -3.31. The Labute approximate surface area is 105 Å². The summed E-state index contributed by atoms with van der Waals surface area (Å²) < 4.78 is 28.4. The van der Waals surface area contributed by atoms with E-state index in [0.29, 0.717) is 13.1 Å². The number of rotatable bonds is 6. The molecule has 0 aromatic rings. The first kappa shape index (κ1) is 14.9. The Balaban J connectivity index is 2.63. The molecule has 3 N–H and O–H groups in total. The van der Waals surface area contributed by atoms with Gasteiger partial charge in [-0.3, -0.25) is 0 Å². The molecule has 0 amide bonds. The van der Waals surface area contributed by atoms with Gasteiger partial charge in [-0.1, -0.05) is 13.8 Å². The quantitative estimate of drug-likeness (QED) is 0.745. The Bertz CT molecular complexity index is 311. The van der Waals surface area contributed by atoms with E-state index in [9.17, 15) is 8.42 Å². The molecule has 1 aliphatic rings. The second-order valence-corrected chi connectivity index (χ2v) is 6.38. The summed E-state index contributed by atoms with van der Waals surface area (Å²) >= 11 is 0. The molecule has 1 saturated carbocycles. The molecule has 0 aliphatic heterocycles. The van der Waals surface area contributed by atoms with Crippen LogP contribution in [0.5, 0.6) is 0 Å². The van der Waals surface area contributed by atoms with E-state index in [1.165, 1.54) is 0 Å². The van der Waals surface area contributed by atoms with Gasteiger partial charge in [-0.15, -0.1) is 0 Å². The van der Waals surface area contributed by atoms with Crippen molar-refractivity contribution in [3.05, 3.63) is 0 Å². The van der Waals surface area contributed by atoms with Crippen LogP contribution in [0.2, 0.25) is 0 Å². The summed E-state index contributed by atoms with van der Waals surface area (Å²) in [5.74, 6) is 0. The van der Waals surface area contributed by atoms with Crippen LogP contribution in [0.4, 0.5) is 0 Å². The van der Waals surface area contributed by atoms with Gasteiger partial charge in [-0.2, -0.15) is 12.7 Å². The van der Waals surface area contributed by atoms with Crippen LogP contribution in [-0.4, -0.2) is 37.9 Å². The maximum absolute atomic E-state index is 12.1. The van der Waals surface area contributed by atoms with Crippen molar-refractivity contribution in [1.29, 1.82) is 0 Å². The van der Waals surface area contributed by atoms with Crippen LogP contribution in [0.15, 0.2) is 0 Å². The van der Waals surface area contributed by atoms with Crippen molar-refractivity contribution < 1.29 is 8.42 Å². The van der Waals surface area contributed by atoms with Gasteiger partial charge >= 0.3 is 0 Å². The molecule has 0 bridgehead atoms. The first-order valence-electron chi connectivity index (χ1n) is 6.53. The van der Waals surface area contributed by atoms with Gasteiger partial charge in [0.1, 0.15) is 0 Å². The lowest BCUT2D eigenvalue weighted by Gasteiger charge is -2.34. The van der Waals surface area contributed by atoms with Crippen LogP contribution in [0.25, 0.3) is 0 Å². The van der Waals surface area contributed by atoms with Crippen molar-refractivity contribution in [2.75, 3.05) is 13.1 Å². The van der Waals surface area contributed by atoms with E-state index in [4.69, 9.17) is 5.73 Å². The molecule has 0 heterocycles. The Morgan fingerprint density at radius 2 is 1.82 bits per heavy atom. The average molecular weight is 263 g/mol. The summed E-state index contributed by atoms with van der Waals surface area (Å²) in [7, 11) is -3.31. The maximum Gasteiger partial charge on any atom is 0.279 e. The molecule has 1 fully saturated rings. The molecule has 0 atom stereocenters. The minimum Gasteiger partial charge on any atom is -0.328 e. The van der Waals surface area contributed by atoms with Crippen LogP contribution >= 0.6 is 0 Å². The lowest BCUT2D eigenvalue weighted by molar-refractivity contribution is 0.245. The molecule has 0 spiro atoms. The maximum atomic E-state index is 12.1. The molecule has 0 unspecified atom stereocenters. The molecule has 17 heavy (non-hydrogen) atoms. The van der Waals surface area contributed by atoms with Gasteiger partial charge in [0.05, 0.1) is 0 Å². The lowest BCUT2D eigenvalue weighted by atomic mass is 9.92. The SMILES string of the molecule is CCCNS(=O)(=O)N(CC)C1CCC(N)CC1. The molecule has 0 radical (unpaired) electrons. The van der Waals surface area contributed by atoms with Crippen LogP contribution in [0.3, 0.4) is 0 Å². The van der Waals surface area contributed by atoms with Crippen molar-refractivity contribution in [3.8, 4) is 0 Å². The summed E-state index contributed by atoms with van der Waals surface area (Å²) in [6.07, 6.45) is 4.41. The minimum absolute atomic E-state index is 0.120. The van der Waals surface area contributed by atoms with E-state index < -0.39 is 10.2 Å². The Hall–Kier alpha value is -0.170. The van der Waals surface area contributed by atoms with Gasteiger partial charge < -0.3 is 5.73 Å². The van der Waals surface area contributed by atoms with Crippen LogP contribution in [0, 0.1) is 0 Å². The Morgan fingerprint density at radius 3 is 2.29 bits per heavy atom. The van der Waals surface area contributed by atoms with Gasteiger partial charge in [-0.25, -0.2) is 4.72 Å². The van der Waals surface area contributed by atoms with Crippen molar-refractivity contribution in [1.82, 2.24) is 9.03 Å². The second kappa shape index (κ2) is 6.68. The predicted octanol–water partition coefficient (Wildman–Crippen LogP) is 0.823. The zero-order valence-electron chi connectivity index (χ0n) is 10.9. The van der Waals surface area contributed by atoms with E-state index in [2.05, 4.69) is 4.72 Å². The first-order valence-corrected chi connectivity index (χ1v) is 7.97. The van der Waals surface area contributed by atoms with Gasteiger partial charge in [0.2, 0.25) is 0 Å². The van der Waals surface area contributed by atoms with E-state index in [0.717, 1.165) is 32.1 Å². The fourth-order valence-electron chi connectivity index (χ4n) is 2.33. The average Bonchev–Trinajstić information content (AvgIpc) is 2.30. The fourth-order valence-corrected chi connectivity index (χ4v) is 3.90. The molecular weight excluding hydrogens is 238 g/mol. The van der Waals surface area contributed by atoms with Gasteiger partial charge in [0, 0.05) is 25.2 Å². The highest BCUT2D eigenvalue weighted by Crippen LogP contribution is 2.23. The van der Waals surface area contributed by atoms with Gasteiger partial charge in [-0.05, 0) is 32.1 Å². The standard InChI is InChI=1S/C11H25N3O2S/c1-3-9-13-17(15,16)14(4-2)11-7-5-10(12)6-8-11/h10-11,13H,3-9,12H2,1-2H3. The molecule has 0 saturated heterocycles. The highest BCUT2D eigenvalue weighted by atomic mass is 32.2. The summed E-state index contributed by atoms with van der Waals surface area (Å²) in [5, 5.41) is 0. The molecule has 0 aromatic carbocycles. The highest BCUT2D eigenvalue weighted by molar-refractivity contribution is 7.87. The van der Waals surface area contributed by atoms with Crippen LogP contribution in [0.1, 0.15) is 46.0 Å². The lowest BCUT2D eigenvalue weighted by Crippen LogP contribution is -2.48. The Morgan fingerprint density at radius 1 is 1.24 bits per heavy atom. The van der Waals surface area contributed by atoms with E-state index in [1.54, 1.807) is 4.31 Å². The van der Waals surface area contributed by atoms with Crippen LogP contribution < -0.4 is 10.5 Å². The molecule has 6 heteroatoms. The summed E-state index contributed by atoms with van der Waals surface area (Å²) in [5.41, 5.74) is 5.84. The molecule has 1 aliphatic carbocycles. The Kier molecular flexibility index (Phi) is 5.85. The largest absolute Gasteiger partial charge is 0.328 e. The monoisotopic (exact) mass is 263 g/mol. The number of hydrogen-bond donors (Lipinski definition) is 2. The number of nitrogens with zero attached hydrogens (tertiary/aromatic N) is 1. The first-order chi connectivity index (χ1) is 8.01. The van der Waals surface area contributed by atoms with Gasteiger partial charge in [0.25, 0.3) is 10.2 Å². The third-order valence-electron chi connectivity index (χ3n) is 3.30. The molecular formula is C11H25N3O2S. The third-order valence-corrected chi connectivity index (χ3v) is 5.05. The van der Waals surface area contributed by atoms with Crippen molar-refractivity contribution in [2.45, 2.75) is 58.0 Å². The van der Waals surface area contributed by atoms with Crippen molar-refractivity contribution >= 4 is 10.2 Å². The van der Waals surface area contributed by atoms with E-state index in [1.807, 2.05) is 13.8 Å². The van der Waals surface area contributed by atoms with E-state index >= 15 is 0 Å². The van der Waals surface area contributed by atoms with Crippen LogP contribution in [-0.2, 0) is 10.2 Å². The summed E-state index contributed by atoms with van der Waals surface area (Å²) in [6, 6.07) is 0.366. The summed E-state index contributed by atoms with van der Waals surface area (Å²) in [4.78, 5) is 0. The molecule has 1 rings (SSSR count). The second-order valence-electron chi connectivity index (χ2n) is 4.67. The normalized spacial score (nSPS) is 26.4. The van der Waals surface area contributed by atoms with Crippen molar-refractivity contribution in [3.63, 3.8) is 0 Å². The molecule has 5 nitrogen and oxygen atoms in total. The predicted molar refractivity (Wildman–Crippen MR) is 69.8 cm³/mol. The summed E-state index contributed by atoms with van der Waals surface area (Å²) in [6.45, 7) is 4.88. The van der Waals surface area contributed by atoms with Gasteiger partial charge in [0.15, 0.2) is 0 Å². The zero-order valence-corrected chi connectivity index (χ0v) is 11.7. The van der Waals surface area contributed by atoms with E-state index in [-0.39, 0.29) is 12.1 Å². The third kappa shape index (κ3) is 4.21. The fraction of sp³-hybridized carbons (Fsp3) is 1.00. The zero-order chi connectivity index (χ0) is 12.9. The smallest absolute Gasteiger partial charge is 0.279 e. The number of nitrogens with two attached hydrogens (primary N) is 1. The number of nitrogens with one attached hydrogen (secondary N) is 1. The topological polar surface area (TPSA) is 75.4 Å².